The molecule has 29 heavy (non-hydrogen) atoms. The summed E-state index contributed by atoms with van der Waals surface area (Å²) in [6.07, 6.45) is -0.240. The van der Waals surface area contributed by atoms with E-state index in [1.54, 1.807) is 18.2 Å². The van der Waals surface area contributed by atoms with Crippen LogP contribution in [0.5, 0.6) is 17.2 Å². The normalized spacial score (nSPS) is 13.0. The first-order valence-electron chi connectivity index (χ1n) is 8.63. The lowest BCUT2D eigenvalue weighted by Gasteiger charge is -2.18. The van der Waals surface area contributed by atoms with Crippen molar-refractivity contribution in [2.45, 2.75) is 11.3 Å². The topological polar surface area (TPSA) is 120 Å². The summed E-state index contributed by atoms with van der Waals surface area (Å²) in [6, 6.07) is 9.03. The van der Waals surface area contributed by atoms with Crippen LogP contribution < -0.4 is 24.8 Å². The Morgan fingerprint density at radius 1 is 1.14 bits per heavy atom. The molecule has 1 aliphatic rings. The van der Waals surface area contributed by atoms with Crippen LogP contribution in [0.15, 0.2) is 41.3 Å². The van der Waals surface area contributed by atoms with Gasteiger partial charge in [0.25, 0.3) is 5.91 Å². The van der Waals surface area contributed by atoms with Gasteiger partial charge in [0.1, 0.15) is 17.2 Å². The molecule has 154 valence electrons. The molecule has 9 nitrogen and oxygen atoms in total. The van der Waals surface area contributed by atoms with Crippen LogP contribution in [0.2, 0.25) is 0 Å². The number of carbonyl (C=O) groups excluding carboxylic acids is 2. The van der Waals surface area contributed by atoms with Crippen molar-refractivity contribution in [3.63, 3.8) is 0 Å². The first kappa shape index (κ1) is 20.5. The maximum absolute atomic E-state index is 12.6. The SMILES string of the molecule is COc1cc(NC(=O)CCS(=O)(=O)c2ccc3c(c2)OCC(=O)N3)cc(OC)c1. The third-order valence-corrected chi connectivity index (χ3v) is 5.89. The molecule has 0 saturated heterocycles. The molecule has 0 fully saturated rings. The molecule has 0 unspecified atom stereocenters. The molecular formula is C19H20N2O7S. The van der Waals surface area contributed by atoms with Gasteiger partial charge in [0.05, 0.1) is 30.6 Å². The molecule has 2 amide bonds. The van der Waals surface area contributed by atoms with Crippen molar-refractivity contribution in [2.24, 2.45) is 0 Å². The van der Waals surface area contributed by atoms with Crippen molar-refractivity contribution in [3.05, 3.63) is 36.4 Å². The van der Waals surface area contributed by atoms with Crippen LogP contribution >= 0.6 is 0 Å². The first-order valence-corrected chi connectivity index (χ1v) is 10.3. The minimum absolute atomic E-state index is 0.0169. The lowest BCUT2D eigenvalue weighted by atomic mass is 10.2. The summed E-state index contributed by atoms with van der Waals surface area (Å²) in [5.41, 5.74) is 0.839. The van der Waals surface area contributed by atoms with Crippen LogP contribution in [-0.4, -0.2) is 46.8 Å². The number of methoxy groups -OCH3 is 2. The number of fused-ring (bicyclic) bond motifs is 1. The smallest absolute Gasteiger partial charge is 0.262 e. The molecule has 0 aromatic heterocycles. The fourth-order valence-electron chi connectivity index (χ4n) is 2.70. The van der Waals surface area contributed by atoms with Crippen molar-refractivity contribution in [2.75, 3.05) is 37.2 Å². The average molecular weight is 420 g/mol. The molecule has 1 heterocycles. The summed E-state index contributed by atoms with van der Waals surface area (Å²) in [7, 11) is -0.750. The number of amides is 2. The molecule has 0 aliphatic carbocycles. The highest BCUT2D eigenvalue weighted by molar-refractivity contribution is 7.91. The van der Waals surface area contributed by atoms with Gasteiger partial charge in [-0.15, -0.1) is 0 Å². The Morgan fingerprint density at radius 2 is 1.83 bits per heavy atom. The molecule has 2 aromatic rings. The maximum atomic E-state index is 12.6. The van der Waals surface area contributed by atoms with E-state index < -0.39 is 15.7 Å². The van der Waals surface area contributed by atoms with Crippen molar-refractivity contribution in [1.29, 1.82) is 0 Å². The van der Waals surface area contributed by atoms with Crippen molar-refractivity contribution < 1.29 is 32.2 Å². The molecule has 0 spiro atoms. The molecule has 0 atom stereocenters. The third kappa shape index (κ3) is 4.96. The van der Waals surface area contributed by atoms with E-state index in [2.05, 4.69) is 10.6 Å². The quantitative estimate of drug-likeness (QED) is 0.701. The maximum Gasteiger partial charge on any atom is 0.262 e. The summed E-state index contributed by atoms with van der Waals surface area (Å²) >= 11 is 0. The predicted octanol–water partition coefficient (Wildman–Crippen LogP) is 1.84. The zero-order valence-corrected chi connectivity index (χ0v) is 16.7. The van der Waals surface area contributed by atoms with Gasteiger partial charge in [-0.05, 0) is 12.1 Å². The number of hydrogen-bond donors (Lipinski definition) is 2. The largest absolute Gasteiger partial charge is 0.497 e. The van der Waals surface area contributed by atoms with Crippen LogP contribution in [0.25, 0.3) is 0 Å². The Kier molecular flexibility index (Phi) is 5.92. The van der Waals surface area contributed by atoms with Crippen LogP contribution in [0.3, 0.4) is 0 Å². The number of ether oxygens (including phenoxy) is 3. The van der Waals surface area contributed by atoms with Crippen molar-refractivity contribution >= 4 is 33.0 Å². The second-order valence-electron chi connectivity index (χ2n) is 6.21. The highest BCUT2D eigenvalue weighted by Crippen LogP contribution is 2.31. The minimum Gasteiger partial charge on any atom is -0.497 e. The molecule has 2 aromatic carbocycles. The fraction of sp³-hybridized carbons (Fsp3) is 0.263. The summed E-state index contributed by atoms with van der Waals surface area (Å²) in [5, 5.41) is 5.23. The van der Waals surface area contributed by atoms with E-state index >= 15 is 0 Å². The molecule has 10 heteroatoms. The predicted molar refractivity (Wildman–Crippen MR) is 105 cm³/mol. The Morgan fingerprint density at radius 3 is 2.48 bits per heavy atom. The van der Waals surface area contributed by atoms with E-state index in [0.29, 0.717) is 22.9 Å². The Balaban J connectivity index is 1.66. The Hall–Kier alpha value is -3.27. The van der Waals surface area contributed by atoms with Gasteiger partial charge in [-0.25, -0.2) is 8.42 Å². The van der Waals surface area contributed by atoms with Gasteiger partial charge in [0, 0.05) is 36.4 Å². The number of carbonyl (C=O) groups is 2. The van der Waals surface area contributed by atoms with Gasteiger partial charge in [0.15, 0.2) is 16.4 Å². The first-order chi connectivity index (χ1) is 13.8. The zero-order chi connectivity index (χ0) is 21.0. The van der Waals surface area contributed by atoms with Crippen LogP contribution in [0, 0.1) is 0 Å². The summed E-state index contributed by atoms with van der Waals surface area (Å²) in [5.74, 6) is 0.107. The van der Waals surface area contributed by atoms with E-state index in [1.165, 1.54) is 32.4 Å². The lowest BCUT2D eigenvalue weighted by Crippen LogP contribution is -2.25. The average Bonchev–Trinajstić information content (AvgIpc) is 2.71. The Bertz CT molecular complexity index is 1030. The third-order valence-electron chi connectivity index (χ3n) is 4.18. The van der Waals surface area contributed by atoms with E-state index in [-0.39, 0.29) is 35.3 Å². The van der Waals surface area contributed by atoms with E-state index in [9.17, 15) is 18.0 Å². The molecular weight excluding hydrogens is 400 g/mol. The van der Waals surface area contributed by atoms with Gasteiger partial charge >= 0.3 is 0 Å². The van der Waals surface area contributed by atoms with Gasteiger partial charge < -0.3 is 24.8 Å². The number of benzene rings is 2. The van der Waals surface area contributed by atoms with E-state index in [1.807, 2.05) is 0 Å². The highest BCUT2D eigenvalue weighted by Gasteiger charge is 2.22. The number of hydrogen-bond acceptors (Lipinski definition) is 7. The second-order valence-corrected chi connectivity index (χ2v) is 8.32. The number of sulfone groups is 1. The molecule has 0 radical (unpaired) electrons. The van der Waals surface area contributed by atoms with Gasteiger partial charge in [-0.3, -0.25) is 9.59 Å². The molecule has 1 aliphatic heterocycles. The fourth-order valence-corrected chi connectivity index (χ4v) is 3.95. The zero-order valence-electron chi connectivity index (χ0n) is 15.9. The number of nitrogens with one attached hydrogen (secondary N) is 2. The van der Waals surface area contributed by atoms with Crippen LogP contribution in [0.4, 0.5) is 11.4 Å². The summed E-state index contributed by atoms with van der Waals surface area (Å²) in [4.78, 5) is 23.5. The monoisotopic (exact) mass is 420 g/mol. The number of anilines is 2. The summed E-state index contributed by atoms with van der Waals surface area (Å²) < 4.78 is 40.7. The Labute approximate surface area is 167 Å². The van der Waals surface area contributed by atoms with Crippen LogP contribution in [-0.2, 0) is 19.4 Å². The minimum atomic E-state index is -3.72. The number of rotatable bonds is 7. The van der Waals surface area contributed by atoms with Crippen molar-refractivity contribution in [1.82, 2.24) is 0 Å². The standard InChI is InChI=1S/C19H20N2O7S/c1-26-13-7-12(8-14(9-13)27-2)20-18(22)5-6-29(24,25)15-3-4-16-17(10-15)28-11-19(23)21-16/h3-4,7-10H,5-6,11H2,1-2H3,(H,20,22)(H,21,23). The molecule has 0 saturated carbocycles. The van der Waals surface area contributed by atoms with Crippen molar-refractivity contribution in [3.8, 4) is 17.2 Å². The lowest BCUT2D eigenvalue weighted by molar-refractivity contribution is -0.118. The van der Waals surface area contributed by atoms with Gasteiger partial charge in [-0.1, -0.05) is 0 Å². The second kappa shape index (κ2) is 8.39. The van der Waals surface area contributed by atoms with Gasteiger partial charge in [0.2, 0.25) is 5.91 Å². The molecule has 2 N–H and O–H groups in total. The van der Waals surface area contributed by atoms with Gasteiger partial charge in [-0.2, -0.15) is 0 Å². The van der Waals surface area contributed by atoms with E-state index in [0.717, 1.165) is 0 Å². The highest BCUT2D eigenvalue weighted by atomic mass is 32.2. The molecule has 0 bridgehead atoms. The van der Waals surface area contributed by atoms with Crippen LogP contribution in [0.1, 0.15) is 6.42 Å². The summed E-state index contributed by atoms with van der Waals surface area (Å²) in [6.45, 7) is -0.178. The molecule has 3 rings (SSSR count). The van der Waals surface area contributed by atoms with E-state index in [4.69, 9.17) is 14.2 Å².